The van der Waals surface area contributed by atoms with Gasteiger partial charge in [0.1, 0.15) is 5.54 Å². The zero-order valence-corrected chi connectivity index (χ0v) is 10.4. The first-order valence-electron chi connectivity index (χ1n) is 5.68. The van der Waals surface area contributed by atoms with Gasteiger partial charge >= 0.3 is 5.97 Å². The molecule has 2 heterocycles. The van der Waals surface area contributed by atoms with Crippen molar-refractivity contribution in [2.24, 2.45) is 5.73 Å². The summed E-state index contributed by atoms with van der Waals surface area (Å²) in [5.74, 6) is -1.29. The van der Waals surface area contributed by atoms with E-state index in [4.69, 9.17) is 10.8 Å². The predicted octanol–water partition coefficient (Wildman–Crippen LogP) is -0.345. The molecule has 2 rings (SSSR count). The van der Waals surface area contributed by atoms with Crippen LogP contribution in [-0.2, 0) is 4.79 Å². The lowest BCUT2D eigenvalue weighted by molar-refractivity contribution is -0.142. The highest BCUT2D eigenvalue weighted by molar-refractivity contribution is 5.97. The van der Waals surface area contributed by atoms with Crippen molar-refractivity contribution < 1.29 is 14.7 Å². The third-order valence-corrected chi connectivity index (χ3v) is 3.36. The summed E-state index contributed by atoms with van der Waals surface area (Å²) in [6.07, 6.45) is 0.268. The molecule has 0 saturated carbocycles. The van der Waals surface area contributed by atoms with E-state index in [1.54, 1.807) is 13.8 Å². The summed E-state index contributed by atoms with van der Waals surface area (Å²) in [5, 5.41) is 15.7. The van der Waals surface area contributed by atoms with Gasteiger partial charge in [-0.3, -0.25) is 14.7 Å². The van der Waals surface area contributed by atoms with E-state index in [2.05, 4.69) is 10.2 Å². The lowest BCUT2D eigenvalue weighted by Gasteiger charge is -2.20. The number of carboxylic acid groups (broad SMARTS) is 1. The average Bonchev–Trinajstić information content (AvgIpc) is 2.84. The minimum atomic E-state index is -1.33. The SMILES string of the molecule is Cc1n[nH]c(C)c1C(=O)N1CCC(N)(C(=O)O)C1. The number of aliphatic carboxylic acids is 1. The van der Waals surface area contributed by atoms with Crippen LogP contribution in [0.15, 0.2) is 0 Å². The van der Waals surface area contributed by atoms with Gasteiger partial charge < -0.3 is 15.7 Å². The van der Waals surface area contributed by atoms with Gasteiger partial charge in [-0.05, 0) is 20.3 Å². The van der Waals surface area contributed by atoms with E-state index in [1.807, 2.05) is 0 Å². The third-order valence-electron chi connectivity index (χ3n) is 3.36. The summed E-state index contributed by atoms with van der Waals surface area (Å²) in [6.45, 7) is 3.88. The number of hydrogen-bond acceptors (Lipinski definition) is 4. The van der Waals surface area contributed by atoms with Crippen molar-refractivity contribution in [1.82, 2.24) is 15.1 Å². The van der Waals surface area contributed by atoms with Gasteiger partial charge in [0.2, 0.25) is 0 Å². The van der Waals surface area contributed by atoms with Crippen LogP contribution in [0, 0.1) is 13.8 Å². The number of H-pyrrole nitrogens is 1. The van der Waals surface area contributed by atoms with Crippen molar-refractivity contribution in [3.05, 3.63) is 17.0 Å². The summed E-state index contributed by atoms with van der Waals surface area (Å²) in [4.78, 5) is 24.8. The van der Waals surface area contributed by atoms with Gasteiger partial charge in [-0.15, -0.1) is 0 Å². The minimum Gasteiger partial charge on any atom is -0.480 e. The zero-order chi connectivity index (χ0) is 13.5. The average molecular weight is 252 g/mol. The monoisotopic (exact) mass is 252 g/mol. The highest BCUT2D eigenvalue weighted by Crippen LogP contribution is 2.22. The molecule has 1 saturated heterocycles. The Morgan fingerprint density at radius 2 is 2.17 bits per heavy atom. The topological polar surface area (TPSA) is 112 Å². The van der Waals surface area contributed by atoms with Crippen molar-refractivity contribution in [2.45, 2.75) is 25.8 Å². The summed E-state index contributed by atoms with van der Waals surface area (Å²) < 4.78 is 0. The Morgan fingerprint density at radius 3 is 2.61 bits per heavy atom. The number of nitrogens with two attached hydrogens (primary N) is 1. The van der Waals surface area contributed by atoms with Crippen molar-refractivity contribution in [3.63, 3.8) is 0 Å². The number of likely N-dealkylation sites (tertiary alicyclic amines) is 1. The molecule has 0 bridgehead atoms. The first-order chi connectivity index (χ1) is 8.35. The fourth-order valence-corrected chi connectivity index (χ4v) is 2.21. The molecule has 0 spiro atoms. The molecule has 1 aromatic rings. The van der Waals surface area contributed by atoms with Gasteiger partial charge in [-0.25, -0.2) is 0 Å². The van der Waals surface area contributed by atoms with Crippen LogP contribution < -0.4 is 5.73 Å². The summed E-state index contributed by atoms with van der Waals surface area (Å²) >= 11 is 0. The molecule has 1 aromatic heterocycles. The largest absolute Gasteiger partial charge is 0.480 e. The Kier molecular flexibility index (Phi) is 2.86. The van der Waals surface area contributed by atoms with E-state index in [0.717, 1.165) is 0 Å². The van der Waals surface area contributed by atoms with Gasteiger partial charge in [0, 0.05) is 18.8 Å². The second-order valence-electron chi connectivity index (χ2n) is 4.75. The Hall–Kier alpha value is -1.89. The maximum atomic E-state index is 12.3. The number of amides is 1. The van der Waals surface area contributed by atoms with E-state index in [9.17, 15) is 9.59 Å². The van der Waals surface area contributed by atoms with E-state index >= 15 is 0 Å². The third kappa shape index (κ3) is 1.86. The van der Waals surface area contributed by atoms with Crippen LogP contribution >= 0.6 is 0 Å². The second kappa shape index (κ2) is 4.09. The number of aromatic nitrogens is 2. The van der Waals surface area contributed by atoms with E-state index in [1.165, 1.54) is 4.90 Å². The Morgan fingerprint density at radius 1 is 1.50 bits per heavy atom. The van der Waals surface area contributed by atoms with Gasteiger partial charge in [0.25, 0.3) is 5.91 Å². The quantitative estimate of drug-likeness (QED) is 0.666. The molecule has 1 unspecified atom stereocenters. The molecule has 1 atom stereocenters. The number of aromatic amines is 1. The summed E-state index contributed by atoms with van der Waals surface area (Å²) in [6, 6.07) is 0. The van der Waals surface area contributed by atoms with Crippen molar-refractivity contribution in [3.8, 4) is 0 Å². The maximum Gasteiger partial charge on any atom is 0.325 e. The van der Waals surface area contributed by atoms with Crippen molar-refractivity contribution >= 4 is 11.9 Å². The second-order valence-corrected chi connectivity index (χ2v) is 4.75. The van der Waals surface area contributed by atoms with Crippen LogP contribution in [0.1, 0.15) is 28.2 Å². The minimum absolute atomic E-state index is 0.0330. The molecule has 1 fully saturated rings. The molecule has 7 nitrogen and oxygen atoms in total. The normalized spacial score (nSPS) is 23.4. The molecule has 0 aromatic carbocycles. The highest BCUT2D eigenvalue weighted by atomic mass is 16.4. The molecule has 18 heavy (non-hydrogen) atoms. The number of carboxylic acids is 1. The van der Waals surface area contributed by atoms with Gasteiger partial charge in [-0.1, -0.05) is 0 Å². The van der Waals surface area contributed by atoms with E-state index in [0.29, 0.717) is 23.5 Å². The van der Waals surface area contributed by atoms with Crippen LogP contribution in [0.3, 0.4) is 0 Å². The molecule has 0 aliphatic carbocycles. The predicted molar refractivity (Wildman–Crippen MR) is 63.1 cm³/mol. The van der Waals surface area contributed by atoms with Crippen molar-refractivity contribution in [2.75, 3.05) is 13.1 Å². The first-order valence-corrected chi connectivity index (χ1v) is 5.68. The van der Waals surface area contributed by atoms with Gasteiger partial charge in [0.05, 0.1) is 11.3 Å². The lowest BCUT2D eigenvalue weighted by Crippen LogP contribution is -2.50. The fourth-order valence-electron chi connectivity index (χ4n) is 2.21. The number of nitrogens with one attached hydrogen (secondary N) is 1. The molecule has 0 radical (unpaired) electrons. The smallest absolute Gasteiger partial charge is 0.325 e. The molecular formula is C11H16N4O3. The Balaban J connectivity index is 2.21. The van der Waals surface area contributed by atoms with Crippen LogP contribution in [0.25, 0.3) is 0 Å². The molecular weight excluding hydrogens is 236 g/mol. The Labute approximate surface area is 104 Å². The number of nitrogens with zero attached hydrogens (tertiary/aromatic N) is 2. The number of carbonyl (C=O) groups excluding carboxylic acids is 1. The lowest BCUT2D eigenvalue weighted by atomic mass is 10.0. The van der Waals surface area contributed by atoms with Gasteiger partial charge in [-0.2, -0.15) is 5.10 Å². The highest BCUT2D eigenvalue weighted by Gasteiger charge is 2.43. The number of aryl methyl sites for hydroxylation is 2. The number of rotatable bonds is 2. The van der Waals surface area contributed by atoms with Crippen LogP contribution in [-0.4, -0.2) is 50.7 Å². The molecule has 1 amide bonds. The zero-order valence-electron chi connectivity index (χ0n) is 10.4. The summed E-state index contributed by atoms with van der Waals surface area (Å²) in [5.41, 5.74) is 6.21. The van der Waals surface area contributed by atoms with Crippen LogP contribution in [0.2, 0.25) is 0 Å². The van der Waals surface area contributed by atoms with Crippen LogP contribution in [0.4, 0.5) is 0 Å². The van der Waals surface area contributed by atoms with E-state index < -0.39 is 11.5 Å². The summed E-state index contributed by atoms with van der Waals surface area (Å²) in [7, 11) is 0. The molecule has 1 aliphatic rings. The molecule has 98 valence electrons. The van der Waals surface area contributed by atoms with Gasteiger partial charge in [0.15, 0.2) is 0 Å². The number of hydrogen-bond donors (Lipinski definition) is 3. The van der Waals surface area contributed by atoms with E-state index in [-0.39, 0.29) is 18.9 Å². The standard InChI is InChI=1S/C11H16N4O3/c1-6-8(7(2)14-13-6)9(16)15-4-3-11(12,5-15)10(17)18/h3-5,12H2,1-2H3,(H,13,14)(H,17,18). The van der Waals surface area contributed by atoms with Crippen molar-refractivity contribution in [1.29, 1.82) is 0 Å². The molecule has 4 N–H and O–H groups in total. The fraction of sp³-hybridized carbons (Fsp3) is 0.545. The maximum absolute atomic E-state index is 12.3. The van der Waals surface area contributed by atoms with Crippen LogP contribution in [0.5, 0.6) is 0 Å². The first kappa shape index (κ1) is 12.6. The molecule has 7 heteroatoms. The molecule has 1 aliphatic heterocycles. The Bertz CT molecular complexity index is 491. The number of carbonyl (C=O) groups is 2.